The molecule has 0 aromatic carbocycles. The fourth-order valence-electron chi connectivity index (χ4n) is 1.59. The molecule has 0 spiro atoms. The number of pyridine rings is 1. The van der Waals surface area contributed by atoms with Crippen molar-refractivity contribution in [1.29, 1.82) is 0 Å². The van der Waals surface area contributed by atoms with Gasteiger partial charge in [-0.2, -0.15) is 0 Å². The summed E-state index contributed by atoms with van der Waals surface area (Å²) in [6, 6.07) is 3.51. The van der Waals surface area contributed by atoms with Crippen LogP contribution in [-0.2, 0) is 17.6 Å². The van der Waals surface area contributed by atoms with E-state index < -0.39 is 0 Å². The average molecular weight is 276 g/mol. The van der Waals surface area contributed by atoms with Crippen LogP contribution in [0.4, 0.5) is 5.69 Å². The quantitative estimate of drug-likeness (QED) is 0.863. The lowest BCUT2D eigenvalue weighted by Gasteiger charge is -2.03. The second-order valence-corrected chi connectivity index (χ2v) is 5.18. The van der Waals surface area contributed by atoms with Crippen LogP contribution in [0.25, 0.3) is 0 Å². The number of carbonyl (C=O) groups excluding carboxylic acids is 1. The second kappa shape index (κ2) is 6.29. The number of nitrogen functional groups attached to an aromatic ring is 1. The molecule has 0 aliphatic carbocycles. The van der Waals surface area contributed by atoms with Crippen molar-refractivity contribution < 1.29 is 4.79 Å². The summed E-state index contributed by atoms with van der Waals surface area (Å²) >= 11 is 1.62. The van der Waals surface area contributed by atoms with Gasteiger partial charge in [-0.05, 0) is 19.1 Å². The third kappa shape index (κ3) is 4.33. The number of amides is 1. The first-order valence-electron chi connectivity index (χ1n) is 6.01. The highest BCUT2D eigenvalue weighted by molar-refractivity contribution is 7.09. The third-order valence-corrected chi connectivity index (χ3v) is 3.54. The molecule has 3 N–H and O–H groups in total. The van der Waals surface area contributed by atoms with E-state index in [-0.39, 0.29) is 12.3 Å². The highest BCUT2D eigenvalue weighted by Crippen LogP contribution is 2.08. The molecular weight excluding hydrogens is 260 g/mol. The Hall–Kier alpha value is -1.95. The summed E-state index contributed by atoms with van der Waals surface area (Å²) in [7, 11) is 0. The molecule has 0 aliphatic heterocycles. The Morgan fingerprint density at radius 3 is 2.95 bits per heavy atom. The van der Waals surface area contributed by atoms with Crippen molar-refractivity contribution in [2.75, 3.05) is 12.3 Å². The van der Waals surface area contributed by atoms with E-state index >= 15 is 0 Å². The number of hydrogen-bond donors (Lipinski definition) is 2. The fraction of sp³-hybridized carbons (Fsp3) is 0.308. The van der Waals surface area contributed by atoms with E-state index in [0.29, 0.717) is 12.2 Å². The number of anilines is 1. The van der Waals surface area contributed by atoms with Gasteiger partial charge in [-0.15, -0.1) is 11.3 Å². The Morgan fingerprint density at radius 2 is 2.32 bits per heavy atom. The number of carbonyl (C=O) groups is 1. The zero-order valence-electron chi connectivity index (χ0n) is 10.7. The maximum Gasteiger partial charge on any atom is 0.226 e. The summed E-state index contributed by atoms with van der Waals surface area (Å²) in [5, 5.41) is 5.91. The Kier molecular flexibility index (Phi) is 4.46. The summed E-state index contributed by atoms with van der Waals surface area (Å²) in [6.07, 6.45) is 2.59. The lowest BCUT2D eigenvalue weighted by Crippen LogP contribution is -2.27. The molecule has 2 rings (SSSR count). The predicted molar refractivity (Wildman–Crippen MR) is 75.9 cm³/mol. The highest BCUT2D eigenvalue weighted by Gasteiger charge is 2.05. The Labute approximate surface area is 115 Å². The predicted octanol–water partition coefficient (Wildman–Crippen LogP) is 1.33. The summed E-state index contributed by atoms with van der Waals surface area (Å²) in [4.78, 5) is 20.1. The van der Waals surface area contributed by atoms with Crippen molar-refractivity contribution in [3.05, 3.63) is 40.1 Å². The molecule has 6 heteroatoms. The number of nitrogens with two attached hydrogens (primary N) is 1. The van der Waals surface area contributed by atoms with E-state index in [4.69, 9.17) is 5.73 Å². The average Bonchev–Trinajstić information content (AvgIpc) is 2.78. The van der Waals surface area contributed by atoms with Gasteiger partial charge in [0, 0.05) is 29.7 Å². The van der Waals surface area contributed by atoms with Crippen LogP contribution in [0.1, 0.15) is 16.4 Å². The van der Waals surface area contributed by atoms with Crippen LogP contribution in [0, 0.1) is 6.92 Å². The lowest BCUT2D eigenvalue weighted by molar-refractivity contribution is -0.120. The van der Waals surface area contributed by atoms with Crippen LogP contribution >= 0.6 is 11.3 Å². The van der Waals surface area contributed by atoms with E-state index in [0.717, 1.165) is 22.8 Å². The fourth-order valence-corrected chi connectivity index (χ4v) is 2.37. The molecule has 100 valence electrons. The molecule has 0 radical (unpaired) electrons. The molecule has 0 atom stereocenters. The van der Waals surface area contributed by atoms with Crippen LogP contribution in [0.5, 0.6) is 0 Å². The summed E-state index contributed by atoms with van der Waals surface area (Å²) in [6.45, 7) is 2.56. The van der Waals surface area contributed by atoms with Crippen LogP contribution in [0.3, 0.4) is 0 Å². The van der Waals surface area contributed by atoms with Gasteiger partial charge in [0.25, 0.3) is 0 Å². The van der Waals surface area contributed by atoms with Crippen molar-refractivity contribution in [3.63, 3.8) is 0 Å². The standard InChI is InChI=1S/C13H16N4OS/c1-9-8-19-13(17-9)4-5-15-12(18)6-11-3-2-10(14)7-16-11/h2-3,7-8H,4-6,14H2,1H3,(H,15,18). The summed E-state index contributed by atoms with van der Waals surface area (Å²) in [5.41, 5.74) is 7.88. The second-order valence-electron chi connectivity index (χ2n) is 4.24. The smallest absolute Gasteiger partial charge is 0.226 e. The van der Waals surface area contributed by atoms with Gasteiger partial charge in [0.05, 0.1) is 23.3 Å². The van der Waals surface area contributed by atoms with Crippen molar-refractivity contribution in [3.8, 4) is 0 Å². The van der Waals surface area contributed by atoms with Gasteiger partial charge in [-0.25, -0.2) is 4.98 Å². The van der Waals surface area contributed by atoms with E-state index in [1.54, 1.807) is 29.7 Å². The Balaban J connectivity index is 1.74. The molecule has 2 aromatic heterocycles. The zero-order chi connectivity index (χ0) is 13.7. The van der Waals surface area contributed by atoms with Gasteiger partial charge in [0.15, 0.2) is 0 Å². The highest BCUT2D eigenvalue weighted by atomic mass is 32.1. The molecule has 19 heavy (non-hydrogen) atoms. The first-order chi connectivity index (χ1) is 9.13. The summed E-state index contributed by atoms with van der Waals surface area (Å²) < 4.78 is 0. The number of aromatic nitrogens is 2. The third-order valence-electron chi connectivity index (χ3n) is 2.52. The maximum absolute atomic E-state index is 11.7. The van der Waals surface area contributed by atoms with E-state index in [1.807, 2.05) is 12.3 Å². The molecule has 0 saturated carbocycles. The van der Waals surface area contributed by atoms with Crippen molar-refractivity contribution in [1.82, 2.24) is 15.3 Å². The maximum atomic E-state index is 11.7. The van der Waals surface area contributed by atoms with E-state index in [9.17, 15) is 4.79 Å². The SMILES string of the molecule is Cc1csc(CCNC(=O)Cc2ccc(N)cn2)n1. The number of thiazole rings is 1. The molecular formula is C13H16N4OS. The minimum absolute atomic E-state index is 0.0365. The normalized spacial score (nSPS) is 10.4. The van der Waals surface area contributed by atoms with Gasteiger partial charge in [-0.1, -0.05) is 0 Å². The summed E-state index contributed by atoms with van der Waals surface area (Å²) in [5.74, 6) is -0.0365. The Bertz CT molecular complexity index is 550. The minimum atomic E-state index is -0.0365. The molecule has 1 amide bonds. The molecule has 2 aromatic rings. The van der Waals surface area contributed by atoms with Crippen molar-refractivity contribution in [2.45, 2.75) is 19.8 Å². The molecule has 0 bridgehead atoms. The molecule has 2 heterocycles. The number of aryl methyl sites for hydroxylation is 1. The van der Waals surface area contributed by atoms with Gasteiger partial charge >= 0.3 is 0 Å². The largest absolute Gasteiger partial charge is 0.397 e. The molecule has 0 aliphatic rings. The van der Waals surface area contributed by atoms with E-state index in [2.05, 4.69) is 15.3 Å². The number of nitrogens with zero attached hydrogens (tertiary/aromatic N) is 2. The monoisotopic (exact) mass is 276 g/mol. The molecule has 0 saturated heterocycles. The topological polar surface area (TPSA) is 80.9 Å². The van der Waals surface area contributed by atoms with Gasteiger partial charge in [0.2, 0.25) is 5.91 Å². The number of rotatable bonds is 5. The number of nitrogens with one attached hydrogen (secondary N) is 1. The van der Waals surface area contributed by atoms with Gasteiger partial charge < -0.3 is 11.1 Å². The van der Waals surface area contributed by atoms with Gasteiger partial charge in [-0.3, -0.25) is 9.78 Å². The molecule has 0 fully saturated rings. The Morgan fingerprint density at radius 1 is 1.47 bits per heavy atom. The van der Waals surface area contributed by atoms with Crippen molar-refractivity contribution in [2.24, 2.45) is 0 Å². The van der Waals surface area contributed by atoms with Crippen LogP contribution < -0.4 is 11.1 Å². The van der Waals surface area contributed by atoms with Crippen LogP contribution in [-0.4, -0.2) is 22.4 Å². The molecule has 5 nitrogen and oxygen atoms in total. The van der Waals surface area contributed by atoms with Gasteiger partial charge in [0.1, 0.15) is 0 Å². The number of hydrogen-bond acceptors (Lipinski definition) is 5. The first kappa shape index (κ1) is 13.5. The first-order valence-corrected chi connectivity index (χ1v) is 6.89. The zero-order valence-corrected chi connectivity index (χ0v) is 11.5. The van der Waals surface area contributed by atoms with Crippen molar-refractivity contribution >= 4 is 22.9 Å². The molecule has 0 unspecified atom stereocenters. The van der Waals surface area contributed by atoms with Crippen LogP contribution in [0.2, 0.25) is 0 Å². The lowest BCUT2D eigenvalue weighted by atomic mass is 10.2. The van der Waals surface area contributed by atoms with Crippen LogP contribution in [0.15, 0.2) is 23.7 Å². The minimum Gasteiger partial charge on any atom is -0.397 e. The van der Waals surface area contributed by atoms with E-state index in [1.165, 1.54) is 0 Å².